The van der Waals surface area contributed by atoms with Crippen molar-refractivity contribution in [1.29, 1.82) is 0 Å². The summed E-state index contributed by atoms with van der Waals surface area (Å²) in [6.45, 7) is 0.288. The molecule has 0 radical (unpaired) electrons. The Bertz CT molecular complexity index is 406. The zero-order valence-electron chi connectivity index (χ0n) is 6.45. The van der Waals surface area contributed by atoms with E-state index in [1.165, 1.54) is 0 Å². The molecule has 2 rings (SSSR count). The zero-order chi connectivity index (χ0) is 8.55. The molecule has 62 valence electrons. The lowest BCUT2D eigenvalue weighted by Gasteiger charge is -2.00. The number of hydrogen-bond donors (Lipinski definition) is 2. The number of benzene rings is 1. The summed E-state index contributed by atoms with van der Waals surface area (Å²) >= 11 is 0. The van der Waals surface area contributed by atoms with E-state index in [0.29, 0.717) is 11.1 Å². The average molecular weight is 163 g/mol. The smallest absolute Gasteiger partial charge is 0.142 e. The molecule has 0 bridgehead atoms. The van der Waals surface area contributed by atoms with Crippen LogP contribution in [0.1, 0.15) is 5.56 Å². The van der Waals surface area contributed by atoms with Crippen molar-refractivity contribution in [1.82, 2.24) is 0 Å². The number of aromatic hydroxyl groups is 1. The van der Waals surface area contributed by atoms with Crippen LogP contribution in [0.15, 0.2) is 28.9 Å². The molecule has 1 aromatic carbocycles. The predicted octanol–water partition coefficient (Wildman–Crippen LogP) is 1.60. The topological polar surface area (TPSA) is 59.4 Å². The van der Waals surface area contributed by atoms with Gasteiger partial charge in [0.1, 0.15) is 11.3 Å². The minimum absolute atomic E-state index is 0.194. The van der Waals surface area contributed by atoms with Gasteiger partial charge in [0.05, 0.1) is 11.8 Å². The van der Waals surface area contributed by atoms with Gasteiger partial charge >= 0.3 is 0 Å². The van der Waals surface area contributed by atoms with Gasteiger partial charge in [0, 0.05) is 11.9 Å². The van der Waals surface area contributed by atoms with Gasteiger partial charge in [0.15, 0.2) is 0 Å². The molecular formula is C9H9NO2. The lowest BCUT2D eigenvalue weighted by molar-refractivity contribution is 0.467. The monoisotopic (exact) mass is 163 g/mol. The van der Waals surface area contributed by atoms with E-state index in [1.807, 2.05) is 6.07 Å². The van der Waals surface area contributed by atoms with E-state index in [9.17, 15) is 5.11 Å². The number of phenols is 1. The van der Waals surface area contributed by atoms with Crippen molar-refractivity contribution in [3.05, 3.63) is 30.0 Å². The second-order valence-electron chi connectivity index (χ2n) is 2.61. The standard InChI is InChI=1S/C9H9NO2/c10-5-7-8(11)2-1-6-3-4-12-9(6)7/h1-4,11H,5,10H2. The Morgan fingerprint density at radius 3 is 2.92 bits per heavy atom. The second-order valence-corrected chi connectivity index (χ2v) is 2.61. The molecule has 3 N–H and O–H groups in total. The molecule has 0 fully saturated rings. The Kier molecular flexibility index (Phi) is 1.52. The molecule has 0 atom stereocenters. The lowest BCUT2D eigenvalue weighted by atomic mass is 10.1. The third-order valence-electron chi connectivity index (χ3n) is 1.90. The summed E-state index contributed by atoms with van der Waals surface area (Å²) in [5.74, 6) is 0.194. The molecule has 0 aliphatic carbocycles. The van der Waals surface area contributed by atoms with Crippen molar-refractivity contribution in [3.8, 4) is 5.75 Å². The Morgan fingerprint density at radius 2 is 2.17 bits per heavy atom. The molecule has 2 aromatic rings. The lowest BCUT2D eigenvalue weighted by Crippen LogP contribution is -1.96. The maximum atomic E-state index is 9.39. The number of furan rings is 1. The molecule has 12 heavy (non-hydrogen) atoms. The van der Waals surface area contributed by atoms with Crippen LogP contribution in [0.25, 0.3) is 11.0 Å². The first-order valence-corrected chi connectivity index (χ1v) is 3.71. The molecule has 1 aromatic heterocycles. The first-order valence-electron chi connectivity index (χ1n) is 3.71. The van der Waals surface area contributed by atoms with E-state index < -0.39 is 0 Å². The molecule has 0 amide bonds. The van der Waals surface area contributed by atoms with Gasteiger partial charge < -0.3 is 15.3 Å². The molecule has 0 spiro atoms. The highest BCUT2D eigenvalue weighted by Crippen LogP contribution is 2.27. The Morgan fingerprint density at radius 1 is 1.33 bits per heavy atom. The molecule has 0 unspecified atom stereocenters. The minimum Gasteiger partial charge on any atom is -0.507 e. The molecule has 0 aliphatic heterocycles. The molecule has 0 aliphatic rings. The summed E-state index contributed by atoms with van der Waals surface area (Å²) in [7, 11) is 0. The van der Waals surface area contributed by atoms with Crippen molar-refractivity contribution < 1.29 is 9.52 Å². The van der Waals surface area contributed by atoms with E-state index in [4.69, 9.17) is 10.2 Å². The summed E-state index contributed by atoms with van der Waals surface area (Å²) in [5.41, 5.74) is 6.80. The van der Waals surface area contributed by atoms with Crippen LogP contribution in [0.4, 0.5) is 0 Å². The minimum atomic E-state index is 0.194. The number of nitrogens with two attached hydrogens (primary N) is 1. The highest BCUT2D eigenvalue weighted by atomic mass is 16.3. The van der Waals surface area contributed by atoms with E-state index in [2.05, 4.69) is 0 Å². The van der Waals surface area contributed by atoms with Gasteiger partial charge in [-0.05, 0) is 18.2 Å². The second kappa shape index (κ2) is 2.53. The highest BCUT2D eigenvalue weighted by Gasteiger charge is 2.06. The van der Waals surface area contributed by atoms with Crippen LogP contribution in [0.5, 0.6) is 5.75 Å². The largest absolute Gasteiger partial charge is 0.507 e. The normalized spacial score (nSPS) is 10.8. The maximum Gasteiger partial charge on any atom is 0.142 e. The first kappa shape index (κ1) is 7.18. The molecule has 0 saturated carbocycles. The third kappa shape index (κ3) is 0.871. The van der Waals surface area contributed by atoms with E-state index in [0.717, 1.165) is 5.39 Å². The van der Waals surface area contributed by atoms with Gasteiger partial charge in [0.2, 0.25) is 0 Å². The van der Waals surface area contributed by atoms with Gasteiger partial charge in [-0.3, -0.25) is 0 Å². The first-order chi connectivity index (χ1) is 5.83. The Hall–Kier alpha value is -1.48. The summed E-state index contributed by atoms with van der Waals surface area (Å²) in [6.07, 6.45) is 1.59. The fourth-order valence-electron chi connectivity index (χ4n) is 1.28. The molecular weight excluding hydrogens is 154 g/mol. The van der Waals surface area contributed by atoms with Gasteiger partial charge in [-0.2, -0.15) is 0 Å². The van der Waals surface area contributed by atoms with Gasteiger partial charge in [-0.25, -0.2) is 0 Å². The van der Waals surface area contributed by atoms with E-state index in [-0.39, 0.29) is 12.3 Å². The molecule has 1 heterocycles. The molecule has 3 heteroatoms. The van der Waals surface area contributed by atoms with Crippen molar-refractivity contribution in [2.24, 2.45) is 5.73 Å². The van der Waals surface area contributed by atoms with Crippen molar-refractivity contribution in [2.75, 3.05) is 0 Å². The Balaban J connectivity index is 2.83. The number of hydrogen-bond acceptors (Lipinski definition) is 3. The van der Waals surface area contributed by atoms with E-state index in [1.54, 1.807) is 18.4 Å². The summed E-state index contributed by atoms with van der Waals surface area (Å²) in [4.78, 5) is 0. The van der Waals surface area contributed by atoms with Crippen LogP contribution >= 0.6 is 0 Å². The number of fused-ring (bicyclic) bond motifs is 1. The van der Waals surface area contributed by atoms with Crippen LogP contribution in [0, 0.1) is 0 Å². The predicted molar refractivity (Wildman–Crippen MR) is 45.8 cm³/mol. The molecule has 3 nitrogen and oxygen atoms in total. The maximum absolute atomic E-state index is 9.39. The van der Waals surface area contributed by atoms with Crippen LogP contribution < -0.4 is 5.73 Å². The van der Waals surface area contributed by atoms with Crippen LogP contribution in [0.2, 0.25) is 0 Å². The number of rotatable bonds is 1. The van der Waals surface area contributed by atoms with E-state index >= 15 is 0 Å². The average Bonchev–Trinajstić information content (AvgIpc) is 2.52. The fraction of sp³-hybridized carbons (Fsp3) is 0.111. The highest BCUT2D eigenvalue weighted by molar-refractivity contribution is 5.82. The van der Waals surface area contributed by atoms with Gasteiger partial charge in [0.25, 0.3) is 0 Å². The summed E-state index contributed by atoms with van der Waals surface area (Å²) in [5, 5.41) is 10.4. The Labute approximate surface area is 69.4 Å². The van der Waals surface area contributed by atoms with Crippen LogP contribution in [0.3, 0.4) is 0 Å². The van der Waals surface area contributed by atoms with Crippen LogP contribution in [-0.2, 0) is 6.54 Å². The third-order valence-corrected chi connectivity index (χ3v) is 1.90. The van der Waals surface area contributed by atoms with Crippen molar-refractivity contribution in [3.63, 3.8) is 0 Å². The SMILES string of the molecule is NCc1c(O)ccc2ccoc12. The summed E-state index contributed by atoms with van der Waals surface area (Å²) < 4.78 is 5.18. The zero-order valence-corrected chi connectivity index (χ0v) is 6.45. The van der Waals surface area contributed by atoms with Crippen LogP contribution in [-0.4, -0.2) is 5.11 Å². The quantitative estimate of drug-likeness (QED) is 0.671. The van der Waals surface area contributed by atoms with Gasteiger partial charge in [-0.1, -0.05) is 0 Å². The van der Waals surface area contributed by atoms with Crippen molar-refractivity contribution >= 4 is 11.0 Å². The summed E-state index contributed by atoms with van der Waals surface area (Å²) in [6, 6.07) is 5.27. The van der Waals surface area contributed by atoms with Crippen molar-refractivity contribution in [2.45, 2.75) is 6.54 Å². The molecule has 0 saturated heterocycles. The number of phenolic OH excluding ortho intramolecular Hbond substituents is 1. The van der Waals surface area contributed by atoms with Gasteiger partial charge in [-0.15, -0.1) is 0 Å². The fourth-order valence-corrected chi connectivity index (χ4v) is 1.28.